The van der Waals surface area contributed by atoms with E-state index in [4.69, 9.17) is 5.84 Å². The van der Waals surface area contributed by atoms with Crippen molar-refractivity contribution in [1.29, 1.82) is 0 Å². The fourth-order valence-corrected chi connectivity index (χ4v) is 4.26. The fraction of sp³-hybridized carbons (Fsp3) is 0.667. The molecule has 0 aliphatic heterocycles. The summed E-state index contributed by atoms with van der Waals surface area (Å²) in [4.78, 5) is 1.40. The van der Waals surface area contributed by atoms with Crippen molar-refractivity contribution in [2.75, 3.05) is 0 Å². The summed E-state index contributed by atoms with van der Waals surface area (Å²) in [6.07, 6.45) is 6.32. The molecule has 1 aromatic heterocycles. The zero-order valence-corrected chi connectivity index (χ0v) is 12.0. The van der Waals surface area contributed by atoms with Gasteiger partial charge in [0.15, 0.2) is 0 Å². The summed E-state index contributed by atoms with van der Waals surface area (Å²) in [6, 6.07) is 2.51. The molecule has 1 unspecified atom stereocenters. The van der Waals surface area contributed by atoms with Crippen LogP contribution >= 0.6 is 27.3 Å². The van der Waals surface area contributed by atoms with Gasteiger partial charge < -0.3 is 0 Å². The Morgan fingerprint density at radius 2 is 2.25 bits per heavy atom. The van der Waals surface area contributed by atoms with Gasteiger partial charge in [-0.25, -0.2) is 0 Å². The van der Waals surface area contributed by atoms with Gasteiger partial charge in [0.1, 0.15) is 0 Å². The molecule has 2 rings (SSSR count). The largest absolute Gasteiger partial charge is 0.271 e. The molecular weight excluding hydrogens is 284 g/mol. The zero-order valence-electron chi connectivity index (χ0n) is 9.63. The van der Waals surface area contributed by atoms with Crippen LogP contribution in [0.3, 0.4) is 0 Å². The molecule has 4 heteroatoms. The summed E-state index contributed by atoms with van der Waals surface area (Å²) in [7, 11) is 0. The lowest BCUT2D eigenvalue weighted by Gasteiger charge is -2.33. The van der Waals surface area contributed by atoms with Gasteiger partial charge >= 0.3 is 0 Å². The first-order chi connectivity index (χ1) is 7.65. The Morgan fingerprint density at radius 3 is 2.75 bits per heavy atom. The van der Waals surface area contributed by atoms with Crippen molar-refractivity contribution in [2.24, 2.45) is 11.3 Å². The van der Waals surface area contributed by atoms with Crippen molar-refractivity contribution < 1.29 is 0 Å². The first-order valence-electron chi connectivity index (χ1n) is 5.84. The quantitative estimate of drug-likeness (QED) is 0.660. The number of halogens is 1. The van der Waals surface area contributed by atoms with Gasteiger partial charge in [0.2, 0.25) is 0 Å². The number of rotatable bonds is 4. The molecule has 1 saturated carbocycles. The standard InChI is InChI=1S/C12H19BrN2S/c1-12(5-2-3-6-12)11(15-14)8-10-9(13)4-7-16-10/h4,7,11,15H,2-3,5-6,8,14H2,1H3. The van der Waals surface area contributed by atoms with Gasteiger partial charge in [-0.1, -0.05) is 19.8 Å². The molecule has 90 valence electrons. The number of hydrogen-bond acceptors (Lipinski definition) is 3. The van der Waals surface area contributed by atoms with Gasteiger partial charge in [-0.15, -0.1) is 11.3 Å². The molecule has 3 N–H and O–H groups in total. The minimum absolute atomic E-state index is 0.373. The van der Waals surface area contributed by atoms with Gasteiger partial charge in [0.05, 0.1) is 0 Å². The Balaban J connectivity index is 2.08. The van der Waals surface area contributed by atoms with Crippen LogP contribution in [0.5, 0.6) is 0 Å². The molecule has 0 radical (unpaired) electrons. The average molecular weight is 303 g/mol. The molecule has 0 spiro atoms. The molecule has 1 aliphatic rings. The van der Waals surface area contributed by atoms with E-state index in [-0.39, 0.29) is 0 Å². The molecular formula is C12H19BrN2S. The summed E-state index contributed by atoms with van der Waals surface area (Å²) >= 11 is 5.40. The van der Waals surface area contributed by atoms with Crippen LogP contribution < -0.4 is 11.3 Å². The predicted octanol–water partition coefficient (Wildman–Crippen LogP) is 3.47. The minimum atomic E-state index is 0.373. The zero-order chi connectivity index (χ0) is 11.6. The smallest absolute Gasteiger partial charge is 0.0314 e. The molecule has 16 heavy (non-hydrogen) atoms. The maximum atomic E-state index is 5.74. The lowest BCUT2D eigenvalue weighted by molar-refractivity contribution is 0.221. The fourth-order valence-electron chi connectivity index (χ4n) is 2.69. The molecule has 0 aromatic carbocycles. The molecule has 0 saturated heterocycles. The number of hydrogen-bond donors (Lipinski definition) is 2. The van der Waals surface area contributed by atoms with E-state index in [0.717, 1.165) is 6.42 Å². The second kappa shape index (κ2) is 5.17. The predicted molar refractivity (Wildman–Crippen MR) is 73.4 cm³/mol. The first kappa shape index (κ1) is 12.6. The third-order valence-corrected chi connectivity index (χ3v) is 5.82. The second-order valence-electron chi connectivity index (χ2n) is 4.98. The maximum Gasteiger partial charge on any atom is 0.0314 e. The van der Waals surface area contributed by atoms with Crippen LogP contribution in [0, 0.1) is 5.41 Å². The van der Waals surface area contributed by atoms with Crippen LogP contribution in [0.1, 0.15) is 37.5 Å². The molecule has 1 aromatic rings. The highest BCUT2D eigenvalue weighted by atomic mass is 79.9. The normalized spacial score (nSPS) is 21.2. The van der Waals surface area contributed by atoms with E-state index in [1.54, 1.807) is 0 Å². The summed E-state index contributed by atoms with van der Waals surface area (Å²) in [5.74, 6) is 5.74. The van der Waals surface area contributed by atoms with Crippen LogP contribution in [0.15, 0.2) is 15.9 Å². The van der Waals surface area contributed by atoms with E-state index >= 15 is 0 Å². The highest BCUT2D eigenvalue weighted by Crippen LogP contribution is 2.42. The van der Waals surface area contributed by atoms with Crippen LogP contribution in [0.25, 0.3) is 0 Å². The van der Waals surface area contributed by atoms with E-state index < -0.39 is 0 Å². The van der Waals surface area contributed by atoms with Crippen LogP contribution in [0.4, 0.5) is 0 Å². The van der Waals surface area contributed by atoms with Gasteiger partial charge in [-0.2, -0.15) is 0 Å². The Morgan fingerprint density at radius 1 is 1.56 bits per heavy atom. The van der Waals surface area contributed by atoms with Crippen molar-refractivity contribution in [3.05, 3.63) is 20.8 Å². The second-order valence-corrected chi connectivity index (χ2v) is 6.83. The number of nitrogens with two attached hydrogens (primary N) is 1. The highest BCUT2D eigenvalue weighted by Gasteiger charge is 2.36. The Kier molecular flexibility index (Phi) is 4.06. The van der Waals surface area contributed by atoms with E-state index in [1.807, 2.05) is 11.3 Å². The molecule has 0 bridgehead atoms. The van der Waals surface area contributed by atoms with Crippen LogP contribution in [0.2, 0.25) is 0 Å². The molecule has 0 amide bonds. The topological polar surface area (TPSA) is 38.0 Å². The Hall–Kier alpha value is 0.1000. The Bertz CT molecular complexity index is 345. The Labute approximate surface area is 110 Å². The van der Waals surface area contributed by atoms with Crippen molar-refractivity contribution >= 4 is 27.3 Å². The SMILES string of the molecule is CC1(C(Cc2sccc2Br)NN)CCCC1. The third kappa shape index (κ3) is 2.50. The van der Waals surface area contributed by atoms with Gasteiger partial charge in [-0.05, 0) is 45.6 Å². The monoisotopic (exact) mass is 302 g/mol. The lowest BCUT2D eigenvalue weighted by Crippen LogP contribution is -2.47. The van der Waals surface area contributed by atoms with Gasteiger partial charge in [0.25, 0.3) is 0 Å². The maximum absolute atomic E-state index is 5.74. The van der Waals surface area contributed by atoms with E-state index in [1.165, 1.54) is 35.0 Å². The number of thiophene rings is 1. The number of nitrogens with one attached hydrogen (secondary N) is 1. The first-order valence-corrected chi connectivity index (χ1v) is 7.51. The van der Waals surface area contributed by atoms with E-state index in [0.29, 0.717) is 11.5 Å². The van der Waals surface area contributed by atoms with Crippen molar-refractivity contribution in [2.45, 2.75) is 45.1 Å². The molecule has 1 atom stereocenters. The molecule has 1 aliphatic carbocycles. The van der Waals surface area contributed by atoms with Crippen LogP contribution in [-0.4, -0.2) is 6.04 Å². The highest BCUT2D eigenvalue weighted by molar-refractivity contribution is 9.10. The van der Waals surface area contributed by atoms with E-state index in [2.05, 4.69) is 39.7 Å². The van der Waals surface area contributed by atoms with E-state index in [9.17, 15) is 0 Å². The third-order valence-electron chi connectivity index (χ3n) is 3.87. The molecule has 1 heterocycles. The van der Waals surface area contributed by atoms with Crippen molar-refractivity contribution in [1.82, 2.24) is 5.43 Å². The molecule has 2 nitrogen and oxygen atoms in total. The average Bonchev–Trinajstić information content (AvgIpc) is 2.85. The summed E-state index contributed by atoms with van der Waals surface area (Å²) in [6.45, 7) is 2.37. The summed E-state index contributed by atoms with van der Waals surface area (Å²) < 4.78 is 1.22. The summed E-state index contributed by atoms with van der Waals surface area (Å²) in [5.41, 5.74) is 3.41. The van der Waals surface area contributed by atoms with Crippen molar-refractivity contribution in [3.63, 3.8) is 0 Å². The molecule has 1 fully saturated rings. The van der Waals surface area contributed by atoms with Crippen LogP contribution in [-0.2, 0) is 6.42 Å². The number of hydrazine groups is 1. The summed E-state index contributed by atoms with van der Waals surface area (Å²) in [5, 5.41) is 2.13. The van der Waals surface area contributed by atoms with Gasteiger partial charge in [-0.3, -0.25) is 11.3 Å². The lowest BCUT2D eigenvalue weighted by atomic mass is 9.79. The minimum Gasteiger partial charge on any atom is -0.271 e. The van der Waals surface area contributed by atoms with Crippen molar-refractivity contribution in [3.8, 4) is 0 Å². The van der Waals surface area contributed by atoms with Gasteiger partial charge in [0, 0.05) is 21.8 Å².